The maximum atomic E-state index is 13.3. The number of carbonyl (C=O) groups excluding carboxylic acids is 1. The third-order valence-corrected chi connectivity index (χ3v) is 5.37. The van der Waals surface area contributed by atoms with E-state index in [1.165, 1.54) is 30.3 Å². The highest BCUT2D eigenvalue weighted by atomic mass is 32.2. The van der Waals surface area contributed by atoms with Crippen LogP contribution in [0, 0.1) is 11.6 Å². The lowest BCUT2D eigenvalue weighted by molar-refractivity contribution is 0.102. The number of sulfone groups is 1. The lowest BCUT2D eigenvalue weighted by atomic mass is 10.2. The quantitative estimate of drug-likeness (QED) is 0.731. The van der Waals surface area contributed by atoms with Crippen LogP contribution in [0.5, 0.6) is 0 Å². The fraction of sp³-hybridized carbons (Fsp3) is 0.0588. The zero-order valence-electron chi connectivity index (χ0n) is 13.4. The summed E-state index contributed by atoms with van der Waals surface area (Å²) in [6, 6.07) is 8.91. The maximum Gasteiger partial charge on any atom is 0.257 e. The zero-order chi connectivity index (χ0) is 18.9. The van der Waals surface area contributed by atoms with Crippen molar-refractivity contribution in [3.8, 4) is 11.3 Å². The Morgan fingerprint density at radius 2 is 1.77 bits per heavy atom. The monoisotopic (exact) mass is 394 g/mol. The van der Waals surface area contributed by atoms with Gasteiger partial charge in [-0.15, -0.1) is 11.3 Å². The van der Waals surface area contributed by atoms with Gasteiger partial charge in [0.1, 0.15) is 0 Å². The molecule has 0 radical (unpaired) electrons. The summed E-state index contributed by atoms with van der Waals surface area (Å²) >= 11 is 1.13. The van der Waals surface area contributed by atoms with Gasteiger partial charge in [0.2, 0.25) is 0 Å². The summed E-state index contributed by atoms with van der Waals surface area (Å²) in [5.41, 5.74) is 1.05. The van der Waals surface area contributed by atoms with Crippen molar-refractivity contribution < 1.29 is 22.0 Å². The van der Waals surface area contributed by atoms with Crippen LogP contribution < -0.4 is 5.32 Å². The Morgan fingerprint density at radius 3 is 2.38 bits per heavy atom. The van der Waals surface area contributed by atoms with E-state index in [4.69, 9.17) is 0 Å². The number of amides is 1. The molecule has 3 aromatic rings. The molecule has 2 aromatic carbocycles. The lowest BCUT2D eigenvalue weighted by Gasteiger charge is -2.03. The number of carbonyl (C=O) groups is 1. The molecule has 0 saturated heterocycles. The minimum absolute atomic E-state index is 0.115. The van der Waals surface area contributed by atoms with Gasteiger partial charge in [0, 0.05) is 22.8 Å². The SMILES string of the molecule is CS(=O)(=O)c1ccc(C(=O)Nc2nc(-c3ccc(F)c(F)c3)cs2)cc1. The first-order chi connectivity index (χ1) is 12.2. The smallest absolute Gasteiger partial charge is 0.257 e. The van der Waals surface area contributed by atoms with Crippen LogP contribution in [-0.4, -0.2) is 25.6 Å². The Bertz CT molecular complexity index is 1080. The number of hydrogen-bond acceptors (Lipinski definition) is 5. The Balaban J connectivity index is 1.76. The number of aromatic nitrogens is 1. The second-order valence-corrected chi connectivity index (χ2v) is 8.29. The lowest BCUT2D eigenvalue weighted by Crippen LogP contribution is -2.12. The largest absolute Gasteiger partial charge is 0.298 e. The van der Waals surface area contributed by atoms with E-state index >= 15 is 0 Å². The van der Waals surface area contributed by atoms with E-state index in [1.807, 2.05) is 0 Å². The summed E-state index contributed by atoms with van der Waals surface area (Å²) in [7, 11) is -3.34. The van der Waals surface area contributed by atoms with Crippen LogP contribution >= 0.6 is 11.3 Å². The molecule has 0 aliphatic carbocycles. The second kappa shape index (κ2) is 6.93. The van der Waals surface area contributed by atoms with E-state index in [2.05, 4.69) is 10.3 Å². The van der Waals surface area contributed by atoms with Crippen molar-refractivity contribution >= 4 is 32.2 Å². The molecule has 134 valence electrons. The molecular formula is C17H12F2N2O3S2. The van der Waals surface area contributed by atoms with E-state index < -0.39 is 27.4 Å². The van der Waals surface area contributed by atoms with E-state index in [0.717, 1.165) is 29.7 Å². The van der Waals surface area contributed by atoms with Crippen molar-refractivity contribution in [3.63, 3.8) is 0 Å². The number of rotatable bonds is 4. The van der Waals surface area contributed by atoms with Gasteiger partial charge < -0.3 is 0 Å². The number of benzene rings is 2. The van der Waals surface area contributed by atoms with Crippen molar-refractivity contribution in [2.75, 3.05) is 11.6 Å². The topological polar surface area (TPSA) is 76.1 Å². The summed E-state index contributed by atoms with van der Waals surface area (Å²) in [6.07, 6.45) is 1.08. The molecule has 0 spiro atoms. The number of hydrogen-bond donors (Lipinski definition) is 1. The van der Waals surface area contributed by atoms with Crippen molar-refractivity contribution in [1.82, 2.24) is 4.98 Å². The molecule has 9 heteroatoms. The number of anilines is 1. The molecule has 26 heavy (non-hydrogen) atoms. The molecule has 1 heterocycles. The van der Waals surface area contributed by atoms with E-state index in [1.54, 1.807) is 5.38 Å². The maximum absolute atomic E-state index is 13.3. The van der Waals surface area contributed by atoms with Crippen LogP contribution in [0.15, 0.2) is 52.7 Å². The third-order valence-electron chi connectivity index (χ3n) is 3.48. The summed E-state index contributed by atoms with van der Waals surface area (Å²) in [4.78, 5) is 16.5. The van der Waals surface area contributed by atoms with E-state index in [-0.39, 0.29) is 15.6 Å². The molecular weight excluding hydrogens is 382 g/mol. The van der Waals surface area contributed by atoms with Crippen LogP contribution in [0.25, 0.3) is 11.3 Å². The molecule has 0 unspecified atom stereocenters. The number of nitrogens with one attached hydrogen (secondary N) is 1. The highest BCUT2D eigenvalue weighted by Crippen LogP contribution is 2.26. The minimum atomic E-state index is -3.34. The first-order valence-corrected chi connectivity index (χ1v) is 10.0. The van der Waals surface area contributed by atoms with Crippen LogP contribution in [0.1, 0.15) is 10.4 Å². The molecule has 0 saturated carbocycles. The average Bonchev–Trinajstić information content (AvgIpc) is 3.05. The van der Waals surface area contributed by atoms with Gasteiger partial charge in [-0.25, -0.2) is 22.2 Å². The van der Waals surface area contributed by atoms with Gasteiger partial charge in [-0.1, -0.05) is 0 Å². The van der Waals surface area contributed by atoms with Gasteiger partial charge in [-0.3, -0.25) is 10.1 Å². The predicted molar refractivity (Wildman–Crippen MR) is 95.0 cm³/mol. The molecule has 0 aliphatic heterocycles. The normalized spacial score (nSPS) is 11.3. The number of halogens is 2. The average molecular weight is 394 g/mol. The van der Waals surface area contributed by atoms with Crippen LogP contribution in [0.2, 0.25) is 0 Å². The van der Waals surface area contributed by atoms with Gasteiger partial charge in [0.15, 0.2) is 26.6 Å². The summed E-state index contributed by atoms with van der Waals surface area (Å²) in [6.45, 7) is 0. The molecule has 1 N–H and O–H groups in total. The van der Waals surface area contributed by atoms with Crippen molar-refractivity contribution in [1.29, 1.82) is 0 Å². The summed E-state index contributed by atoms with van der Waals surface area (Å²) < 4.78 is 49.2. The zero-order valence-corrected chi connectivity index (χ0v) is 15.0. The van der Waals surface area contributed by atoms with Crippen molar-refractivity contribution in [3.05, 3.63) is 65.0 Å². The van der Waals surface area contributed by atoms with Gasteiger partial charge in [0.05, 0.1) is 10.6 Å². The first-order valence-electron chi connectivity index (χ1n) is 7.26. The van der Waals surface area contributed by atoms with Crippen molar-refractivity contribution in [2.24, 2.45) is 0 Å². The Hall–Kier alpha value is -2.65. The molecule has 1 amide bonds. The molecule has 0 bridgehead atoms. The first kappa shape index (κ1) is 18.2. The standard InChI is InChI=1S/C17H12F2N2O3S2/c1-26(23,24)12-5-2-10(3-6-12)16(22)21-17-20-15(9-25-17)11-4-7-13(18)14(19)8-11/h2-9H,1H3,(H,20,21,22). The van der Waals surface area contributed by atoms with Gasteiger partial charge >= 0.3 is 0 Å². The highest BCUT2D eigenvalue weighted by Gasteiger charge is 2.13. The summed E-state index contributed by atoms with van der Waals surface area (Å²) in [5, 5.41) is 4.47. The van der Waals surface area contributed by atoms with Crippen LogP contribution in [-0.2, 0) is 9.84 Å². The van der Waals surface area contributed by atoms with Crippen LogP contribution in [0.3, 0.4) is 0 Å². The second-order valence-electron chi connectivity index (χ2n) is 5.42. The fourth-order valence-corrected chi connectivity index (χ4v) is 3.49. The molecule has 0 atom stereocenters. The molecule has 0 aliphatic rings. The molecule has 1 aromatic heterocycles. The fourth-order valence-electron chi connectivity index (χ4n) is 2.14. The van der Waals surface area contributed by atoms with E-state index in [9.17, 15) is 22.0 Å². The molecule has 5 nitrogen and oxygen atoms in total. The van der Waals surface area contributed by atoms with Crippen molar-refractivity contribution in [2.45, 2.75) is 4.90 Å². The Morgan fingerprint density at radius 1 is 1.08 bits per heavy atom. The van der Waals surface area contributed by atoms with Gasteiger partial charge in [-0.2, -0.15) is 0 Å². The van der Waals surface area contributed by atoms with Crippen LogP contribution in [0.4, 0.5) is 13.9 Å². The number of thiazole rings is 1. The third kappa shape index (κ3) is 3.94. The molecule has 0 fully saturated rings. The predicted octanol–water partition coefficient (Wildman–Crippen LogP) is 3.74. The highest BCUT2D eigenvalue weighted by molar-refractivity contribution is 7.90. The number of nitrogens with zero attached hydrogens (tertiary/aromatic N) is 1. The summed E-state index contributed by atoms with van der Waals surface area (Å²) in [5.74, 6) is -2.39. The van der Waals surface area contributed by atoms with Gasteiger partial charge in [-0.05, 0) is 42.5 Å². The van der Waals surface area contributed by atoms with E-state index in [0.29, 0.717) is 11.3 Å². The Kier molecular flexibility index (Phi) is 4.84. The Labute approximate surface area is 152 Å². The van der Waals surface area contributed by atoms with Gasteiger partial charge in [0.25, 0.3) is 5.91 Å². The minimum Gasteiger partial charge on any atom is -0.298 e. The molecule has 3 rings (SSSR count).